The summed E-state index contributed by atoms with van der Waals surface area (Å²) in [6.45, 7) is 1.64. The smallest absolute Gasteiger partial charge is 0.358 e. The Hall–Kier alpha value is -2.09. The predicted octanol–water partition coefficient (Wildman–Crippen LogP) is 3.17. The van der Waals surface area contributed by atoms with Crippen LogP contribution in [0.15, 0.2) is 18.2 Å². The largest absolute Gasteiger partial charge is 0.461 e. The van der Waals surface area contributed by atoms with E-state index in [9.17, 15) is 18.0 Å². The van der Waals surface area contributed by atoms with Crippen molar-refractivity contribution in [1.29, 1.82) is 0 Å². The van der Waals surface area contributed by atoms with Crippen molar-refractivity contribution in [2.45, 2.75) is 13.3 Å². The van der Waals surface area contributed by atoms with Gasteiger partial charge in [-0.1, -0.05) is 11.6 Å². The van der Waals surface area contributed by atoms with Crippen LogP contribution in [0.25, 0.3) is 5.82 Å². The highest BCUT2D eigenvalue weighted by atomic mass is 35.5. The zero-order valence-corrected chi connectivity index (χ0v) is 11.4. The maximum Gasteiger partial charge on any atom is 0.358 e. The fraction of sp³-hybridized carbons (Fsp3) is 0.250. The normalized spacial score (nSPS) is 11.0. The van der Waals surface area contributed by atoms with Gasteiger partial charge in [0.2, 0.25) is 5.95 Å². The van der Waals surface area contributed by atoms with Crippen molar-refractivity contribution in [3.8, 4) is 5.82 Å². The molecule has 2 heterocycles. The lowest BCUT2D eigenvalue weighted by Gasteiger charge is -2.08. The molecule has 2 aromatic rings. The van der Waals surface area contributed by atoms with Gasteiger partial charge in [0, 0.05) is 6.07 Å². The van der Waals surface area contributed by atoms with E-state index in [0.717, 1.165) is 18.2 Å². The highest BCUT2D eigenvalue weighted by Gasteiger charge is 2.22. The van der Waals surface area contributed by atoms with Gasteiger partial charge in [-0.2, -0.15) is 14.2 Å². The molecular weight excluding hydrogens is 311 g/mol. The maximum atomic E-state index is 13.8. The molecule has 0 aromatic carbocycles. The summed E-state index contributed by atoms with van der Waals surface area (Å²) >= 11 is 5.63. The number of alkyl halides is 2. The molecule has 0 saturated carbocycles. The molecule has 0 aliphatic rings. The van der Waals surface area contributed by atoms with Crippen molar-refractivity contribution >= 4 is 17.6 Å². The van der Waals surface area contributed by atoms with Crippen molar-refractivity contribution in [2.75, 3.05) is 6.61 Å². The Bertz CT molecular complexity index is 676. The van der Waals surface area contributed by atoms with E-state index in [-0.39, 0.29) is 17.5 Å². The third kappa shape index (κ3) is 3.15. The summed E-state index contributed by atoms with van der Waals surface area (Å²) in [4.78, 5) is 15.1. The lowest BCUT2D eigenvalue weighted by atomic mass is 10.2. The number of ether oxygens (including phenoxy) is 1. The van der Waals surface area contributed by atoms with Crippen LogP contribution in [0.2, 0.25) is 5.15 Å². The second-order valence-electron chi connectivity index (χ2n) is 3.83. The first-order valence-electron chi connectivity index (χ1n) is 5.81. The number of hydrogen-bond donors (Lipinski definition) is 0. The third-order valence-corrected chi connectivity index (χ3v) is 2.67. The van der Waals surface area contributed by atoms with Crippen LogP contribution in [-0.4, -0.2) is 27.3 Å². The fourth-order valence-corrected chi connectivity index (χ4v) is 1.73. The number of esters is 1. The molecule has 0 radical (unpaired) electrons. The Kier molecular flexibility index (Phi) is 4.46. The van der Waals surface area contributed by atoms with Crippen molar-refractivity contribution in [3.63, 3.8) is 0 Å². The molecule has 0 fully saturated rings. The van der Waals surface area contributed by atoms with E-state index in [0.29, 0.717) is 4.68 Å². The molecule has 2 rings (SSSR count). The molecule has 0 atom stereocenters. The molecule has 0 unspecified atom stereocenters. The van der Waals surface area contributed by atoms with E-state index in [4.69, 9.17) is 11.6 Å². The van der Waals surface area contributed by atoms with Crippen LogP contribution >= 0.6 is 11.6 Å². The Morgan fingerprint density at radius 3 is 2.81 bits per heavy atom. The van der Waals surface area contributed by atoms with Gasteiger partial charge in [0.15, 0.2) is 11.5 Å². The lowest BCUT2D eigenvalue weighted by Crippen LogP contribution is -2.10. The van der Waals surface area contributed by atoms with E-state index in [1.54, 1.807) is 6.92 Å². The Balaban J connectivity index is 2.52. The minimum absolute atomic E-state index is 0.0744. The summed E-state index contributed by atoms with van der Waals surface area (Å²) in [6.07, 6.45) is -2.90. The predicted molar refractivity (Wildman–Crippen MR) is 67.2 cm³/mol. The van der Waals surface area contributed by atoms with Crippen LogP contribution in [0.5, 0.6) is 0 Å². The van der Waals surface area contributed by atoms with Crippen molar-refractivity contribution in [1.82, 2.24) is 14.8 Å². The van der Waals surface area contributed by atoms with E-state index < -0.39 is 29.7 Å². The Morgan fingerprint density at radius 2 is 2.19 bits per heavy atom. The molecule has 112 valence electrons. The van der Waals surface area contributed by atoms with Gasteiger partial charge in [-0.05, 0) is 19.1 Å². The first-order chi connectivity index (χ1) is 9.93. The third-order valence-electron chi connectivity index (χ3n) is 2.46. The topological polar surface area (TPSA) is 57.0 Å². The zero-order chi connectivity index (χ0) is 15.6. The SMILES string of the molecule is CCOC(=O)c1cc(F)n(-c2nc(Cl)ccc2C(F)F)n1. The molecule has 0 aliphatic heterocycles. The van der Waals surface area contributed by atoms with Crippen molar-refractivity contribution < 1.29 is 22.7 Å². The number of carbonyl (C=O) groups excluding carboxylic acids is 1. The number of hydrogen-bond acceptors (Lipinski definition) is 4. The highest BCUT2D eigenvalue weighted by Crippen LogP contribution is 2.26. The second-order valence-corrected chi connectivity index (χ2v) is 4.22. The molecule has 2 aromatic heterocycles. The molecular formula is C12H9ClF3N3O2. The van der Waals surface area contributed by atoms with E-state index >= 15 is 0 Å². The quantitative estimate of drug-likeness (QED) is 0.641. The van der Waals surface area contributed by atoms with Crippen LogP contribution in [0.1, 0.15) is 29.4 Å². The minimum atomic E-state index is -2.90. The van der Waals surface area contributed by atoms with Gasteiger partial charge in [0.05, 0.1) is 12.2 Å². The average molecular weight is 320 g/mol. The van der Waals surface area contributed by atoms with Crippen LogP contribution in [0.4, 0.5) is 13.2 Å². The number of pyridine rings is 1. The van der Waals surface area contributed by atoms with Crippen LogP contribution in [-0.2, 0) is 4.74 Å². The van der Waals surface area contributed by atoms with Gasteiger partial charge in [-0.3, -0.25) is 0 Å². The summed E-state index contributed by atoms with van der Waals surface area (Å²) in [5.74, 6) is -2.38. The van der Waals surface area contributed by atoms with Gasteiger partial charge < -0.3 is 4.74 Å². The molecule has 9 heteroatoms. The molecule has 0 amide bonds. The van der Waals surface area contributed by atoms with Gasteiger partial charge >= 0.3 is 5.97 Å². The van der Waals surface area contributed by atoms with E-state index in [1.165, 1.54) is 0 Å². The molecule has 0 N–H and O–H groups in total. The van der Waals surface area contributed by atoms with Gasteiger partial charge in [-0.25, -0.2) is 18.6 Å². The number of halogens is 4. The molecule has 5 nitrogen and oxygen atoms in total. The Morgan fingerprint density at radius 1 is 1.48 bits per heavy atom. The van der Waals surface area contributed by atoms with Gasteiger partial charge in [0.25, 0.3) is 6.43 Å². The van der Waals surface area contributed by atoms with Crippen molar-refractivity contribution in [3.05, 3.63) is 40.6 Å². The minimum Gasteiger partial charge on any atom is -0.461 e. The number of nitrogens with zero attached hydrogens (tertiary/aromatic N) is 3. The second kappa shape index (κ2) is 6.13. The van der Waals surface area contributed by atoms with Crippen LogP contribution < -0.4 is 0 Å². The first kappa shape index (κ1) is 15.3. The van der Waals surface area contributed by atoms with Crippen LogP contribution in [0, 0.1) is 5.95 Å². The summed E-state index contributed by atoms with van der Waals surface area (Å²) in [5, 5.41) is 3.49. The maximum absolute atomic E-state index is 13.8. The zero-order valence-electron chi connectivity index (χ0n) is 10.7. The number of carbonyl (C=O) groups is 1. The summed E-state index contributed by atoms with van der Waals surface area (Å²) < 4.78 is 44.8. The molecule has 0 saturated heterocycles. The summed E-state index contributed by atoms with van der Waals surface area (Å²) in [6, 6.07) is 2.94. The number of aromatic nitrogens is 3. The molecule has 0 spiro atoms. The average Bonchev–Trinajstić information content (AvgIpc) is 2.80. The molecule has 0 aliphatic carbocycles. The highest BCUT2D eigenvalue weighted by molar-refractivity contribution is 6.29. The number of rotatable bonds is 4. The summed E-state index contributed by atoms with van der Waals surface area (Å²) in [7, 11) is 0. The first-order valence-corrected chi connectivity index (χ1v) is 6.19. The van der Waals surface area contributed by atoms with Gasteiger partial charge in [-0.15, -0.1) is 0 Å². The lowest BCUT2D eigenvalue weighted by molar-refractivity contribution is 0.0519. The van der Waals surface area contributed by atoms with Crippen molar-refractivity contribution in [2.24, 2.45) is 0 Å². The monoisotopic (exact) mass is 319 g/mol. The fourth-order valence-electron chi connectivity index (χ4n) is 1.59. The van der Waals surface area contributed by atoms with E-state index in [1.807, 2.05) is 0 Å². The van der Waals surface area contributed by atoms with Gasteiger partial charge in [0.1, 0.15) is 5.15 Å². The molecule has 0 bridgehead atoms. The summed E-state index contributed by atoms with van der Waals surface area (Å²) in [5.41, 5.74) is -0.909. The van der Waals surface area contributed by atoms with E-state index in [2.05, 4.69) is 14.8 Å². The standard InChI is InChI=1S/C12H9ClF3N3O2/c1-2-21-12(20)7-5-9(14)19(18-7)11-6(10(15)16)3-4-8(13)17-11/h3-5,10H,2H2,1H3. The van der Waals surface area contributed by atoms with Crippen LogP contribution in [0.3, 0.4) is 0 Å². The molecule has 21 heavy (non-hydrogen) atoms. The Labute approximate surface area is 122 Å².